The lowest BCUT2D eigenvalue weighted by Crippen LogP contribution is -2.48. The highest BCUT2D eigenvalue weighted by Gasteiger charge is 2.16. The highest BCUT2D eigenvalue weighted by Crippen LogP contribution is 2.22. The molecule has 2 amide bonds. The van der Waals surface area contributed by atoms with Crippen molar-refractivity contribution in [2.24, 2.45) is 0 Å². The van der Waals surface area contributed by atoms with Crippen LogP contribution in [0, 0.1) is 6.92 Å². The molecule has 3 aromatic rings. The first-order valence-corrected chi connectivity index (χ1v) is 9.43. The quantitative estimate of drug-likeness (QED) is 0.604. The Hall–Kier alpha value is -3.25. The topological polar surface area (TPSA) is 76.7 Å². The van der Waals surface area contributed by atoms with Crippen molar-refractivity contribution in [1.29, 1.82) is 0 Å². The van der Waals surface area contributed by atoms with Crippen LogP contribution < -0.4 is 20.3 Å². The minimum Gasteiger partial charge on any atom is -0.484 e. The number of carbonyl (C=O) groups is 2. The Labute approximate surface area is 173 Å². The first-order valence-electron chi connectivity index (χ1n) is 9.05. The summed E-state index contributed by atoms with van der Waals surface area (Å²) in [7, 11) is 0. The smallest absolute Gasteiger partial charge is 0.279 e. The van der Waals surface area contributed by atoms with Gasteiger partial charge in [-0.1, -0.05) is 41.9 Å². The summed E-state index contributed by atoms with van der Waals surface area (Å²) < 4.78 is 11.0. The summed E-state index contributed by atoms with van der Waals surface area (Å²) in [4.78, 5) is 24.0. The standard InChI is InChI=1S/C22H21ClN2O4/c1-14-11-18(9-10-20(14)23)28-13-21(26)24-25-22(27)15(2)29-19-8-7-16-5-3-4-6-17(16)12-19/h3-12,15H,13H2,1-2H3,(H,24,26)(H,25,27). The maximum Gasteiger partial charge on any atom is 0.279 e. The predicted octanol–water partition coefficient (Wildman–Crippen LogP) is 3.80. The number of rotatable bonds is 6. The Bertz CT molecular complexity index is 1040. The number of carbonyl (C=O) groups excluding carboxylic acids is 2. The molecule has 0 heterocycles. The van der Waals surface area contributed by atoms with E-state index in [2.05, 4.69) is 10.9 Å². The maximum absolute atomic E-state index is 12.2. The van der Waals surface area contributed by atoms with Gasteiger partial charge in [-0.2, -0.15) is 0 Å². The summed E-state index contributed by atoms with van der Waals surface area (Å²) in [5.74, 6) is 0.109. The van der Waals surface area contributed by atoms with Gasteiger partial charge in [-0.15, -0.1) is 0 Å². The Morgan fingerprint density at radius 2 is 1.69 bits per heavy atom. The number of aryl methyl sites for hydroxylation is 1. The lowest BCUT2D eigenvalue weighted by molar-refractivity contribution is -0.133. The van der Waals surface area contributed by atoms with Crippen molar-refractivity contribution in [3.05, 3.63) is 71.2 Å². The zero-order valence-corrected chi connectivity index (χ0v) is 16.8. The SMILES string of the molecule is Cc1cc(OCC(=O)NNC(=O)C(C)Oc2ccc3ccccc3c2)ccc1Cl. The molecule has 150 valence electrons. The van der Waals surface area contributed by atoms with E-state index in [-0.39, 0.29) is 6.61 Å². The monoisotopic (exact) mass is 412 g/mol. The van der Waals surface area contributed by atoms with Crippen LogP contribution in [-0.4, -0.2) is 24.5 Å². The van der Waals surface area contributed by atoms with Gasteiger partial charge in [0.2, 0.25) is 0 Å². The second-order valence-corrected chi connectivity index (χ2v) is 6.91. The molecular weight excluding hydrogens is 392 g/mol. The number of nitrogens with one attached hydrogen (secondary N) is 2. The van der Waals surface area contributed by atoms with E-state index >= 15 is 0 Å². The third kappa shape index (κ3) is 5.62. The molecule has 1 unspecified atom stereocenters. The van der Waals surface area contributed by atoms with Crippen molar-refractivity contribution in [3.63, 3.8) is 0 Å². The van der Waals surface area contributed by atoms with Gasteiger partial charge < -0.3 is 9.47 Å². The summed E-state index contributed by atoms with van der Waals surface area (Å²) in [6.45, 7) is 3.19. The van der Waals surface area contributed by atoms with Gasteiger partial charge in [0.1, 0.15) is 11.5 Å². The lowest BCUT2D eigenvalue weighted by atomic mass is 10.1. The Kier molecular flexibility index (Phi) is 6.57. The van der Waals surface area contributed by atoms with E-state index in [1.165, 1.54) is 0 Å². The number of fused-ring (bicyclic) bond motifs is 1. The average Bonchev–Trinajstić information content (AvgIpc) is 2.72. The Morgan fingerprint density at radius 1 is 0.966 bits per heavy atom. The molecule has 0 fully saturated rings. The number of amides is 2. The molecule has 0 aliphatic carbocycles. The van der Waals surface area contributed by atoms with Crippen LogP contribution in [0.25, 0.3) is 10.8 Å². The highest BCUT2D eigenvalue weighted by atomic mass is 35.5. The summed E-state index contributed by atoms with van der Waals surface area (Å²) in [5, 5.41) is 2.72. The molecule has 3 aromatic carbocycles. The molecule has 1 atom stereocenters. The largest absolute Gasteiger partial charge is 0.484 e. The third-order valence-corrected chi connectivity index (χ3v) is 4.65. The van der Waals surface area contributed by atoms with Crippen molar-refractivity contribution >= 4 is 34.2 Å². The molecule has 0 spiro atoms. The number of benzene rings is 3. The molecule has 0 aliphatic heterocycles. The third-order valence-electron chi connectivity index (χ3n) is 4.23. The van der Waals surface area contributed by atoms with E-state index in [4.69, 9.17) is 21.1 Å². The normalized spacial score (nSPS) is 11.6. The van der Waals surface area contributed by atoms with E-state index in [9.17, 15) is 9.59 Å². The van der Waals surface area contributed by atoms with Gasteiger partial charge in [0, 0.05) is 5.02 Å². The second-order valence-electron chi connectivity index (χ2n) is 6.51. The number of hydrogen-bond acceptors (Lipinski definition) is 4. The summed E-state index contributed by atoms with van der Waals surface area (Å²) in [6, 6.07) is 18.5. The van der Waals surface area contributed by atoms with Gasteiger partial charge in [-0.3, -0.25) is 20.4 Å². The Balaban J connectivity index is 1.46. The first kappa shape index (κ1) is 20.5. The number of hydrazine groups is 1. The molecule has 0 aromatic heterocycles. The molecule has 3 rings (SSSR count). The van der Waals surface area contributed by atoms with E-state index < -0.39 is 17.9 Å². The van der Waals surface area contributed by atoms with Crippen LogP contribution in [0.15, 0.2) is 60.7 Å². The van der Waals surface area contributed by atoms with Crippen LogP contribution in [-0.2, 0) is 9.59 Å². The molecular formula is C22H21ClN2O4. The molecule has 0 aliphatic rings. The number of halogens is 1. The predicted molar refractivity (Wildman–Crippen MR) is 112 cm³/mol. The van der Waals surface area contributed by atoms with Crippen LogP contribution in [0.3, 0.4) is 0 Å². The van der Waals surface area contributed by atoms with E-state index in [0.29, 0.717) is 16.5 Å². The zero-order valence-electron chi connectivity index (χ0n) is 16.1. The summed E-state index contributed by atoms with van der Waals surface area (Å²) in [6.07, 6.45) is -0.795. The molecule has 0 radical (unpaired) electrons. The second kappa shape index (κ2) is 9.30. The van der Waals surface area contributed by atoms with Gasteiger partial charge in [0.15, 0.2) is 12.7 Å². The zero-order chi connectivity index (χ0) is 20.8. The molecule has 7 heteroatoms. The van der Waals surface area contributed by atoms with Gasteiger partial charge in [0.05, 0.1) is 0 Å². The van der Waals surface area contributed by atoms with Crippen LogP contribution in [0.4, 0.5) is 0 Å². The van der Waals surface area contributed by atoms with Crippen molar-refractivity contribution in [2.45, 2.75) is 20.0 Å². The van der Waals surface area contributed by atoms with Crippen molar-refractivity contribution < 1.29 is 19.1 Å². The molecule has 6 nitrogen and oxygen atoms in total. The summed E-state index contributed by atoms with van der Waals surface area (Å²) in [5.41, 5.74) is 5.48. The van der Waals surface area contributed by atoms with Crippen molar-refractivity contribution in [2.75, 3.05) is 6.61 Å². The van der Waals surface area contributed by atoms with Crippen LogP contribution in [0.2, 0.25) is 5.02 Å². The van der Waals surface area contributed by atoms with Crippen LogP contribution in [0.1, 0.15) is 12.5 Å². The van der Waals surface area contributed by atoms with E-state index in [1.807, 2.05) is 43.3 Å². The van der Waals surface area contributed by atoms with Crippen molar-refractivity contribution in [3.8, 4) is 11.5 Å². The van der Waals surface area contributed by atoms with Gasteiger partial charge in [-0.25, -0.2) is 0 Å². The summed E-state index contributed by atoms with van der Waals surface area (Å²) >= 11 is 5.95. The molecule has 0 saturated carbocycles. The molecule has 2 N–H and O–H groups in total. The maximum atomic E-state index is 12.2. The fourth-order valence-corrected chi connectivity index (χ4v) is 2.74. The molecule has 0 saturated heterocycles. The fraction of sp³-hybridized carbons (Fsp3) is 0.182. The average molecular weight is 413 g/mol. The molecule has 0 bridgehead atoms. The van der Waals surface area contributed by atoms with Crippen LogP contribution in [0.5, 0.6) is 11.5 Å². The number of ether oxygens (including phenoxy) is 2. The number of hydrogen-bond donors (Lipinski definition) is 2. The van der Waals surface area contributed by atoms with Crippen molar-refractivity contribution in [1.82, 2.24) is 10.9 Å². The molecule has 29 heavy (non-hydrogen) atoms. The minimum absolute atomic E-state index is 0.249. The Morgan fingerprint density at radius 3 is 2.45 bits per heavy atom. The lowest BCUT2D eigenvalue weighted by Gasteiger charge is -2.15. The fourth-order valence-electron chi connectivity index (χ4n) is 2.62. The van der Waals surface area contributed by atoms with Gasteiger partial charge in [-0.05, 0) is 60.5 Å². The van der Waals surface area contributed by atoms with Gasteiger partial charge >= 0.3 is 0 Å². The minimum atomic E-state index is -0.795. The van der Waals surface area contributed by atoms with Crippen LogP contribution >= 0.6 is 11.6 Å². The van der Waals surface area contributed by atoms with E-state index in [1.54, 1.807) is 31.2 Å². The van der Waals surface area contributed by atoms with Gasteiger partial charge in [0.25, 0.3) is 11.8 Å². The highest BCUT2D eigenvalue weighted by molar-refractivity contribution is 6.31. The van der Waals surface area contributed by atoms with E-state index in [0.717, 1.165) is 16.3 Å². The first-order chi connectivity index (χ1) is 13.9.